The number of ether oxygens (including phenoxy) is 1. The molecule has 1 aromatic rings. The summed E-state index contributed by atoms with van der Waals surface area (Å²) in [7, 11) is 1.37. The molecule has 21 heavy (non-hydrogen) atoms. The van der Waals surface area contributed by atoms with Crippen molar-refractivity contribution in [2.45, 2.75) is 26.3 Å². The van der Waals surface area contributed by atoms with Crippen molar-refractivity contribution in [3.63, 3.8) is 0 Å². The molecule has 1 saturated heterocycles. The fourth-order valence-corrected chi connectivity index (χ4v) is 3.05. The molecule has 0 amide bonds. The summed E-state index contributed by atoms with van der Waals surface area (Å²) in [4.78, 5) is 13.9. The van der Waals surface area contributed by atoms with Gasteiger partial charge in [0.2, 0.25) is 0 Å². The third-order valence-electron chi connectivity index (χ3n) is 4.10. The van der Waals surface area contributed by atoms with Gasteiger partial charge in [-0.1, -0.05) is 18.5 Å². The van der Waals surface area contributed by atoms with Crippen molar-refractivity contribution in [3.05, 3.63) is 34.3 Å². The zero-order valence-electron chi connectivity index (χ0n) is 12.6. The second-order valence-corrected chi connectivity index (χ2v) is 6.49. The summed E-state index contributed by atoms with van der Waals surface area (Å²) in [6, 6.07) is 5.20. The zero-order valence-corrected chi connectivity index (χ0v) is 13.3. The van der Waals surface area contributed by atoms with Gasteiger partial charge in [0, 0.05) is 30.1 Å². The first kappa shape index (κ1) is 16.3. The average molecular weight is 312 g/mol. The lowest BCUT2D eigenvalue weighted by Crippen LogP contribution is -2.43. The van der Waals surface area contributed by atoms with Crippen LogP contribution in [0.4, 0.5) is 0 Å². The number of carbonyl (C=O) groups excluding carboxylic acids is 1. The van der Waals surface area contributed by atoms with Gasteiger partial charge in [-0.15, -0.1) is 0 Å². The molecule has 116 valence electrons. The summed E-state index contributed by atoms with van der Waals surface area (Å²) in [5.41, 5.74) is 1.38. The third kappa shape index (κ3) is 3.96. The first-order valence-electron chi connectivity index (χ1n) is 7.17. The molecule has 1 aromatic carbocycles. The summed E-state index contributed by atoms with van der Waals surface area (Å²) in [5, 5.41) is 10.2. The second kappa shape index (κ2) is 6.77. The lowest BCUT2D eigenvalue weighted by Gasteiger charge is -2.39. The summed E-state index contributed by atoms with van der Waals surface area (Å²) < 4.78 is 4.74. The van der Waals surface area contributed by atoms with Crippen molar-refractivity contribution < 1.29 is 14.6 Å². The van der Waals surface area contributed by atoms with Gasteiger partial charge in [-0.3, -0.25) is 4.90 Å². The van der Waals surface area contributed by atoms with Crippen molar-refractivity contribution in [2.75, 3.05) is 26.8 Å². The van der Waals surface area contributed by atoms with Crippen molar-refractivity contribution in [1.82, 2.24) is 4.90 Å². The van der Waals surface area contributed by atoms with Crippen LogP contribution in [-0.4, -0.2) is 42.8 Å². The van der Waals surface area contributed by atoms with E-state index in [0.717, 1.165) is 31.5 Å². The number of aliphatic hydroxyl groups is 1. The Morgan fingerprint density at radius 2 is 2.29 bits per heavy atom. The van der Waals surface area contributed by atoms with Gasteiger partial charge < -0.3 is 9.84 Å². The molecule has 1 heterocycles. The van der Waals surface area contributed by atoms with Gasteiger partial charge in [0.15, 0.2) is 0 Å². The fourth-order valence-electron chi connectivity index (χ4n) is 2.87. The standard InChI is InChI=1S/C16H22ClNO3/c1-16(11-19)6-3-7-18(10-16)9-13-8-12(15(20)21-2)4-5-14(13)17/h4-5,8,19H,3,6-7,9-11H2,1-2H3/t16-/m0/s1. The van der Waals surface area contributed by atoms with Crippen LogP contribution in [0.3, 0.4) is 0 Å². The van der Waals surface area contributed by atoms with Crippen LogP contribution in [0, 0.1) is 5.41 Å². The molecule has 0 radical (unpaired) electrons. The van der Waals surface area contributed by atoms with E-state index < -0.39 is 0 Å². The third-order valence-corrected chi connectivity index (χ3v) is 4.47. The lowest BCUT2D eigenvalue weighted by molar-refractivity contribution is 0.0429. The van der Waals surface area contributed by atoms with Crippen LogP contribution < -0.4 is 0 Å². The maximum absolute atomic E-state index is 11.6. The highest BCUT2D eigenvalue weighted by Crippen LogP contribution is 2.30. The highest BCUT2D eigenvalue weighted by Gasteiger charge is 2.30. The molecule has 0 saturated carbocycles. The molecule has 1 fully saturated rings. The fraction of sp³-hybridized carbons (Fsp3) is 0.562. The molecule has 1 aliphatic heterocycles. The second-order valence-electron chi connectivity index (χ2n) is 6.08. The zero-order chi connectivity index (χ0) is 15.5. The Labute approximate surface area is 130 Å². The van der Waals surface area contributed by atoms with E-state index in [4.69, 9.17) is 16.3 Å². The highest BCUT2D eigenvalue weighted by molar-refractivity contribution is 6.31. The summed E-state index contributed by atoms with van der Waals surface area (Å²) in [6.07, 6.45) is 2.10. The molecule has 0 bridgehead atoms. The van der Waals surface area contributed by atoms with Crippen LogP contribution in [-0.2, 0) is 11.3 Å². The molecule has 4 nitrogen and oxygen atoms in total. The molecule has 0 unspecified atom stereocenters. The van der Waals surface area contributed by atoms with E-state index in [9.17, 15) is 9.90 Å². The average Bonchev–Trinajstić information content (AvgIpc) is 2.49. The Kier molecular flexibility index (Phi) is 5.25. The van der Waals surface area contributed by atoms with Crippen molar-refractivity contribution >= 4 is 17.6 Å². The topological polar surface area (TPSA) is 49.8 Å². The SMILES string of the molecule is COC(=O)c1ccc(Cl)c(CN2CCC[C@](C)(CO)C2)c1. The molecule has 0 aliphatic carbocycles. The van der Waals surface area contributed by atoms with E-state index in [-0.39, 0.29) is 18.0 Å². The van der Waals surface area contributed by atoms with Gasteiger partial charge in [-0.25, -0.2) is 4.79 Å². The van der Waals surface area contributed by atoms with Gasteiger partial charge in [0.05, 0.1) is 12.7 Å². The molecule has 0 aromatic heterocycles. The smallest absolute Gasteiger partial charge is 0.337 e. The maximum Gasteiger partial charge on any atom is 0.337 e. The number of piperidine rings is 1. The first-order chi connectivity index (χ1) is 9.97. The Morgan fingerprint density at radius 3 is 2.95 bits per heavy atom. The lowest BCUT2D eigenvalue weighted by atomic mass is 9.82. The van der Waals surface area contributed by atoms with Crippen molar-refractivity contribution in [2.24, 2.45) is 5.41 Å². The molecular formula is C16H22ClNO3. The Bertz CT molecular complexity index is 520. The summed E-state index contributed by atoms with van der Waals surface area (Å²) in [5.74, 6) is -0.355. The molecule has 0 spiro atoms. The molecule has 5 heteroatoms. The van der Waals surface area contributed by atoms with E-state index in [2.05, 4.69) is 11.8 Å². The number of esters is 1. The summed E-state index contributed by atoms with van der Waals surface area (Å²) in [6.45, 7) is 4.79. The number of rotatable bonds is 4. The number of hydrogen-bond acceptors (Lipinski definition) is 4. The Balaban J connectivity index is 2.13. The van der Waals surface area contributed by atoms with E-state index >= 15 is 0 Å². The van der Waals surface area contributed by atoms with Gasteiger partial charge in [-0.05, 0) is 43.1 Å². The quantitative estimate of drug-likeness (QED) is 0.869. The predicted molar refractivity (Wildman–Crippen MR) is 82.5 cm³/mol. The monoisotopic (exact) mass is 311 g/mol. The largest absolute Gasteiger partial charge is 0.465 e. The molecule has 1 atom stereocenters. The molecule has 1 aliphatic rings. The minimum absolute atomic E-state index is 0.0509. The Hall–Kier alpha value is -1.10. The maximum atomic E-state index is 11.6. The van der Waals surface area contributed by atoms with Crippen LogP contribution >= 0.6 is 11.6 Å². The van der Waals surface area contributed by atoms with Gasteiger partial charge in [-0.2, -0.15) is 0 Å². The van der Waals surface area contributed by atoms with E-state index in [0.29, 0.717) is 17.1 Å². The van der Waals surface area contributed by atoms with E-state index in [1.165, 1.54) is 7.11 Å². The highest BCUT2D eigenvalue weighted by atomic mass is 35.5. The van der Waals surface area contributed by atoms with Crippen LogP contribution in [0.5, 0.6) is 0 Å². The van der Waals surface area contributed by atoms with E-state index in [1.54, 1.807) is 18.2 Å². The predicted octanol–water partition coefficient (Wildman–Crippen LogP) is 2.72. The van der Waals surface area contributed by atoms with Crippen LogP contribution in [0.2, 0.25) is 5.02 Å². The number of halogens is 1. The number of benzene rings is 1. The number of aliphatic hydroxyl groups excluding tert-OH is 1. The number of methoxy groups -OCH3 is 1. The summed E-state index contributed by atoms with van der Waals surface area (Å²) >= 11 is 6.24. The Morgan fingerprint density at radius 1 is 1.52 bits per heavy atom. The minimum Gasteiger partial charge on any atom is -0.465 e. The number of hydrogen-bond donors (Lipinski definition) is 1. The van der Waals surface area contributed by atoms with Gasteiger partial charge in [0.25, 0.3) is 0 Å². The number of carbonyl (C=O) groups is 1. The molecular weight excluding hydrogens is 290 g/mol. The first-order valence-corrected chi connectivity index (χ1v) is 7.55. The van der Waals surface area contributed by atoms with Gasteiger partial charge in [0.1, 0.15) is 0 Å². The molecule has 2 rings (SSSR count). The minimum atomic E-state index is -0.355. The van der Waals surface area contributed by atoms with Crippen LogP contribution in [0.25, 0.3) is 0 Å². The van der Waals surface area contributed by atoms with Crippen LogP contribution in [0.15, 0.2) is 18.2 Å². The molecule has 1 N–H and O–H groups in total. The van der Waals surface area contributed by atoms with E-state index in [1.807, 2.05) is 0 Å². The van der Waals surface area contributed by atoms with Crippen molar-refractivity contribution in [3.8, 4) is 0 Å². The van der Waals surface area contributed by atoms with Crippen LogP contribution in [0.1, 0.15) is 35.7 Å². The normalized spacial score (nSPS) is 23.0. The van der Waals surface area contributed by atoms with Crippen molar-refractivity contribution in [1.29, 1.82) is 0 Å². The number of nitrogens with zero attached hydrogens (tertiary/aromatic N) is 1. The van der Waals surface area contributed by atoms with Gasteiger partial charge >= 0.3 is 5.97 Å². The number of likely N-dealkylation sites (tertiary alicyclic amines) is 1.